The minimum absolute atomic E-state index is 0.0000312. The Balaban J connectivity index is 1.40. The lowest BCUT2D eigenvalue weighted by molar-refractivity contribution is -0.252. The number of hydrogen-bond acceptors (Lipinski definition) is 6. The highest BCUT2D eigenvalue weighted by atomic mass is 16.7. The first-order valence-electron chi connectivity index (χ1n) is 14.8. The molecule has 3 aromatic rings. The van der Waals surface area contributed by atoms with Gasteiger partial charge in [0.1, 0.15) is 0 Å². The molecule has 8 heteroatoms. The van der Waals surface area contributed by atoms with Gasteiger partial charge in [0.05, 0.1) is 18.8 Å². The van der Waals surface area contributed by atoms with Crippen molar-refractivity contribution in [1.82, 2.24) is 10.2 Å². The Morgan fingerprint density at radius 2 is 1.69 bits per heavy atom. The van der Waals surface area contributed by atoms with Gasteiger partial charge in [0, 0.05) is 50.7 Å². The molecule has 0 aliphatic carbocycles. The molecule has 42 heavy (non-hydrogen) atoms. The molecule has 3 atom stereocenters. The molecule has 224 valence electrons. The number of nitrogens with zero attached hydrogens (tertiary/aromatic N) is 1. The van der Waals surface area contributed by atoms with E-state index in [0.717, 1.165) is 49.0 Å². The number of anilines is 1. The fourth-order valence-corrected chi connectivity index (χ4v) is 5.18. The Kier molecular flexibility index (Phi) is 12.1. The molecule has 2 amide bonds. The smallest absolute Gasteiger partial charge is 0.224 e. The van der Waals surface area contributed by atoms with E-state index in [1.54, 1.807) is 0 Å². The summed E-state index contributed by atoms with van der Waals surface area (Å²) in [6.45, 7) is 3.69. The summed E-state index contributed by atoms with van der Waals surface area (Å²) in [4.78, 5) is 25.8. The molecule has 3 N–H and O–H groups in total. The van der Waals surface area contributed by atoms with Crippen molar-refractivity contribution in [1.29, 1.82) is 0 Å². The van der Waals surface area contributed by atoms with Crippen LogP contribution in [0, 0.1) is 0 Å². The Morgan fingerprint density at radius 1 is 0.905 bits per heavy atom. The molecular formula is C34H43N3O5. The van der Waals surface area contributed by atoms with Crippen LogP contribution in [0.3, 0.4) is 0 Å². The highest BCUT2D eigenvalue weighted by Gasteiger charge is 2.33. The van der Waals surface area contributed by atoms with Gasteiger partial charge in [0.25, 0.3) is 0 Å². The Hall–Kier alpha value is -3.56. The number of rotatable bonds is 14. The van der Waals surface area contributed by atoms with Gasteiger partial charge in [0.2, 0.25) is 11.8 Å². The number of carbonyl (C=O) groups is 2. The van der Waals surface area contributed by atoms with Gasteiger partial charge in [-0.2, -0.15) is 0 Å². The zero-order valence-electron chi connectivity index (χ0n) is 24.6. The summed E-state index contributed by atoms with van der Waals surface area (Å²) in [5.74, 6) is -0.0746. The molecule has 1 fully saturated rings. The average molecular weight is 574 g/mol. The molecule has 0 aromatic heterocycles. The molecule has 1 aliphatic rings. The molecule has 0 bridgehead atoms. The first kappa shape index (κ1) is 31.4. The second kappa shape index (κ2) is 16.2. The topological polar surface area (TPSA) is 100 Å². The number of ether oxygens (including phenoxy) is 2. The van der Waals surface area contributed by atoms with Crippen molar-refractivity contribution < 1.29 is 24.2 Å². The quantitative estimate of drug-likeness (QED) is 0.221. The van der Waals surface area contributed by atoms with Crippen molar-refractivity contribution in [3.63, 3.8) is 0 Å². The van der Waals surface area contributed by atoms with Crippen molar-refractivity contribution in [2.75, 3.05) is 25.5 Å². The number of benzene rings is 3. The van der Waals surface area contributed by atoms with Crippen LogP contribution in [-0.4, -0.2) is 48.1 Å². The van der Waals surface area contributed by atoms with Gasteiger partial charge in [-0.1, -0.05) is 73.2 Å². The number of hydrogen-bond donors (Lipinski definition) is 3. The summed E-state index contributed by atoms with van der Waals surface area (Å²) < 4.78 is 13.0. The number of amides is 2. The van der Waals surface area contributed by atoms with E-state index in [1.807, 2.05) is 54.6 Å². The zero-order chi connectivity index (χ0) is 29.7. The van der Waals surface area contributed by atoms with E-state index < -0.39 is 6.29 Å². The Bertz CT molecular complexity index is 1270. The fraction of sp³-hybridized carbons (Fsp3) is 0.412. The van der Waals surface area contributed by atoms with Crippen LogP contribution in [-0.2, 0) is 32.2 Å². The molecule has 3 aromatic carbocycles. The summed E-state index contributed by atoms with van der Waals surface area (Å²) in [5, 5.41) is 15.3. The van der Waals surface area contributed by atoms with Crippen molar-refractivity contribution in [3.8, 4) is 0 Å². The summed E-state index contributed by atoms with van der Waals surface area (Å²) in [6, 6.07) is 25.9. The molecule has 0 saturated carbocycles. The van der Waals surface area contributed by atoms with E-state index in [2.05, 4.69) is 46.8 Å². The molecule has 1 saturated heterocycles. The lowest BCUT2D eigenvalue weighted by Crippen LogP contribution is -2.37. The number of aliphatic hydroxyl groups excluding tert-OH is 1. The lowest BCUT2D eigenvalue weighted by Gasteiger charge is -2.38. The van der Waals surface area contributed by atoms with E-state index in [0.29, 0.717) is 25.1 Å². The van der Waals surface area contributed by atoms with E-state index >= 15 is 0 Å². The SMILES string of the molecule is CC(=O)NCCCCCC(=O)Nc1cccc([C@H]2O[C@@H](CN(C)Cc3ccccc3)C[C@@H](c3ccc(CO)cc3)O2)c1. The summed E-state index contributed by atoms with van der Waals surface area (Å²) in [6.07, 6.45) is 2.76. The highest BCUT2D eigenvalue weighted by Crippen LogP contribution is 2.38. The summed E-state index contributed by atoms with van der Waals surface area (Å²) in [5.41, 5.74) is 4.69. The largest absolute Gasteiger partial charge is 0.392 e. The Labute approximate surface area is 249 Å². The zero-order valence-corrected chi connectivity index (χ0v) is 24.6. The van der Waals surface area contributed by atoms with Gasteiger partial charge in [-0.05, 0) is 48.7 Å². The predicted octanol–water partition coefficient (Wildman–Crippen LogP) is 5.49. The summed E-state index contributed by atoms with van der Waals surface area (Å²) in [7, 11) is 2.10. The maximum Gasteiger partial charge on any atom is 0.224 e. The minimum atomic E-state index is -0.595. The van der Waals surface area contributed by atoms with E-state index in [4.69, 9.17) is 9.47 Å². The minimum Gasteiger partial charge on any atom is -0.392 e. The number of aliphatic hydroxyl groups is 1. The van der Waals surface area contributed by atoms with E-state index in [9.17, 15) is 14.7 Å². The van der Waals surface area contributed by atoms with Crippen LogP contribution in [0.5, 0.6) is 0 Å². The lowest BCUT2D eigenvalue weighted by atomic mass is 9.99. The molecule has 1 heterocycles. The van der Waals surface area contributed by atoms with Crippen molar-refractivity contribution in [3.05, 3.63) is 101 Å². The predicted molar refractivity (Wildman–Crippen MR) is 163 cm³/mol. The third-order valence-corrected chi connectivity index (χ3v) is 7.32. The van der Waals surface area contributed by atoms with Gasteiger partial charge in [-0.15, -0.1) is 0 Å². The molecule has 0 radical (unpaired) electrons. The number of nitrogens with one attached hydrogen (secondary N) is 2. The normalized spacial score (nSPS) is 18.5. The van der Waals surface area contributed by atoms with Crippen LogP contribution in [0.4, 0.5) is 5.69 Å². The molecule has 0 spiro atoms. The van der Waals surface area contributed by atoms with Crippen LogP contribution >= 0.6 is 0 Å². The van der Waals surface area contributed by atoms with Gasteiger partial charge in [0.15, 0.2) is 6.29 Å². The van der Waals surface area contributed by atoms with Crippen LogP contribution in [0.25, 0.3) is 0 Å². The second-order valence-electron chi connectivity index (χ2n) is 11.0. The number of carbonyl (C=O) groups excluding carboxylic acids is 2. The highest BCUT2D eigenvalue weighted by molar-refractivity contribution is 5.90. The van der Waals surface area contributed by atoms with Crippen molar-refractivity contribution in [2.45, 2.75) is 70.7 Å². The van der Waals surface area contributed by atoms with Crippen LogP contribution in [0.15, 0.2) is 78.9 Å². The second-order valence-corrected chi connectivity index (χ2v) is 11.0. The van der Waals surface area contributed by atoms with E-state index in [-0.39, 0.29) is 30.6 Å². The van der Waals surface area contributed by atoms with Crippen molar-refractivity contribution in [2.24, 2.45) is 0 Å². The number of unbranched alkanes of at least 4 members (excludes halogenated alkanes) is 2. The van der Waals surface area contributed by atoms with E-state index in [1.165, 1.54) is 12.5 Å². The monoisotopic (exact) mass is 573 g/mol. The number of likely N-dealkylation sites (N-methyl/N-ethyl adjacent to an activating group) is 1. The fourth-order valence-electron chi connectivity index (χ4n) is 5.18. The third kappa shape index (κ3) is 10.1. The van der Waals surface area contributed by atoms with Gasteiger partial charge < -0.3 is 25.2 Å². The van der Waals surface area contributed by atoms with Crippen LogP contribution in [0.1, 0.15) is 73.7 Å². The first-order valence-corrected chi connectivity index (χ1v) is 14.8. The average Bonchev–Trinajstić information content (AvgIpc) is 2.99. The molecule has 1 aliphatic heterocycles. The van der Waals surface area contributed by atoms with Gasteiger partial charge in [-0.3, -0.25) is 14.5 Å². The van der Waals surface area contributed by atoms with Crippen LogP contribution in [0.2, 0.25) is 0 Å². The van der Waals surface area contributed by atoms with Crippen molar-refractivity contribution >= 4 is 17.5 Å². The molecule has 0 unspecified atom stereocenters. The first-order chi connectivity index (χ1) is 20.4. The molecular weight excluding hydrogens is 530 g/mol. The summed E-state index contributed by atoms with van der Waals surface area (Å²) >= 11 is 0. The van der Waals surface area contributed by atoms with Gasteiger partial charge in [-0.25, -0.2) is 0 Å². The third-order valence-electron chi connectivity index (χ3n) is 7.32. The van der Waals surface area contributed by atoms with Crippen LogP contribution < -0.4 is 10.6 Å². The molecule has 8 nitrogen and oxygen atoms in total. The van der Waals surface area contributed by atoms with Gasteiger partial charge >= 0.3 is 0 Å². The standard InChI is InChI=1S/C34H43N3O5/c1-25(39)35-19-8-4-7-14-33(40)36-30-13-9-12-29(20-30)34-41-31(23-37(2)22-26-10-5-3-6-11-26)21-32(42-34)28-17-15-27(24-38)16-18-28/h3,5-6,9-13,15-18,20,31-32,34,38H,4,7-8,14,19,21-24H2,1-2H3,(H,35,39)(H,36,40)/t31-,32+,34+/m1/s1. The maximum absolute atomic E-state index is 12.6. The molecule has 4 rings (SSSR count). The maximum atomic E-state index is 12.6. The Morgan fingerprint density at radius 3 is 2.43 bits per heavy atom.